The second-order valence-corrected chi connectivity index (χ2v) is 5.54. The van der Waals surface area contributed by atoms with Crippen molar-refractivity contribution in [1.82, 2.24) is 0 Å². The molecule has 0 radical (unpaired) electrons. The van der Waals surface area contributed by atoms with Crippen LogP contribution < -0.4 is 0 Å². The van der Waals surface area contributed by atoms with E-state index in [4.69, 9.17) is 0 Å². The third kappa shape index (κ3) is 5.90. The molecule has 0 bridgehead atoms. The molecule has 0 fully saturated rings. The molecule has 0 spiro atoms. The van der Waals surface area contributed by atoms with Crippen LogP contribution in [0.4, 0.5) is 0 Å². The SMILES string of the molecule is Cc1ccc(C#CCCCCC#Cc2ccc(C)cc2)cc1. The van der Waals surface area contributed by atoms with Crippen LogP contribution >= 0.6 is 0 Å². The van der Waals surface area contributed by atoms with Gasteiger partial charge in [-0.25, -0.2) is 0 Å². The molecule has 2 aromatic rings. The topological polar surface area (TPSA) is 0 Å². The zero-order valence-corrected chi connectivity index (χ0v) is 13.4. The molecule has 0 unspecified atom stereocenters. The molecule has 0 aliphatic rings. The first-order valence-corrected chi connectivity index (χ1v) is 7.85. The maximum Gasteiger partial charge on any atom is 0.0245 e. The molecule has 0 saturated heterocycles. The van der Waals surface area contributed by atoms with E-state index >= 15 is 0 Å². The minimum Gasteiger partial charge on any atom is -0.0979 e. The lowest BCUT2D eigenvalue weighted by molar-refractivity contribution is 0.782. The van der Waals surface area contributed by atoms with E-state index < -0.39 is 0 Å². The van der Waals surface area contributed by atoms with Crippen molar-refractivity contribution in [3.8, 4) is 23.7 Å². The van der Waals surface area contributed by atoms with Gasteiger partial charge in [0.15, 0.2) is 0 Å². The van der Waals surface area contributed by atoms with Crippen LogP contribution in [0, 0.1) is 37.5 Å². The average molecular weight is 286 g/mol. The van der Waals surface area contributed by atoms with E-state index in [1.807, 2.05) is 0 Å². The van der Waals surface area contributed by atoms with Crippen LogP contribution in [0.3, 0.4) is 0 Å². The minimum absolute atomic E-state index is 0.945. The molecule has 0 saturated carbocycles. The van der Waals surface area contributed by atoms with Gasteiger partial charge in [-0.1, -0.05) is 59.1 Å². The normalized spacial score (nSPS) is 9.36. The standard InChI is InChI=1S/C22H22/c1-19-11-15-21(16-12-19)9-7-5-3-4-6-8-10-22-17-13-20(2)14-18-22/h11-18H,3-6H2,1-2H3. The summed E-state index contributed by atoms with van der Waals surface area (Å²) in [6.07, 6.45) is 4.11. The van der Waals surface area contributed by atoms with Gasteiger partial charge in [0.2, 0.25) is 0 Å². The Hall–Kier alpha value is -2.44. The Morgan fingerprint density at radius 2 is 0.955 bits per heavy atom. The summed E-state index contributed by atoms with van der Waals surface area (Å²) in [6.45, 7) is 4.18. The van der Waals surface area contributed by atoms with Crippen molar-refractivity contribution in [3.05, 3.63) is 70.8 Å². The van der Waals surface area contributed by atoms with E-state index in [2.05, 4.69) is 86.1 Å². The summed E-state index contributed by atoms with van der Waals surface area (Å²) in [5.41, 5.74) is 4.75. The van der Waals surface area contributed by atoms with Crippen LogP contribution in [0.15, 0.2) is 48.5 Å². The molecule has 0 atom stereocenters. The van der Waals surface area contributed by atoms with Crippen LogP contribution in [0.5, 0.6) is 0 Å². The van der Waals surface area contributed by atoms with Gasteiger partial charge in [-0.3, -0.25) is 0 Å². The molecule has 0 amide bonds. The number of hydrogen-bond donors (Lipinski definition) is 0. The first-order chi connectivity index (χ1) is 10.7. The summed E-state index contributed by atoms with van der Waals surface area (Å²) in [5.74, 6) is 12.9. The summed E-state index contributed by atoms with van der Waals surface area (Å²) in [5, 5.41) is 0. The molecule has 2 aromatic carbocycles. The van der Waals surface area contributed by atoms with Crippen LogP contribution in [-0.2, 0) is 0 Å². The van der Waals surface area contributed by atoms with Crippen LogP contribution in [-0.4, -0.2) is 0 Å². The fourth-order valence-corrected chi connectivity index (χ4v) is 2.03. The third-order valence-corrected chi connectivity index (χ3v) is 3.42. The Bertz CT molecular complexity index is 630. The first kappa shape index (κ1) is 15.9. The highest BCUT2D eigenvalue weighted by atomic mass is 13.9. The Morgan fingerprint density at radius 3 is 1.32 bits per heavy atom. The summed E-state index contributed by atoms with van der Waals surface area (Å²) in [7, 11) is 0. The molecule has 0 aromatic heterocycles. The van der Waals surface area contributed by atoms with E-state index in [0.717, 1.165) is 36.8 Å². The van der Waals surface area contributed by atoms with Gasteiger partial charge in [-0.15, -0.1) is 0 Å². The number of rotatable bonds is 3. The van der Waals surface area contributed by atoms with Gasteiger partial charge < -0.3 is 0 Å². The maximum absolute atomic E-state index is 3.24. The molecule has 110 valence electrons. The summed E-state index contributed by atoms with van der Waals surface area (Å²) >= 11 is 0. The van der Waals surface area contributed by atoms with Gasteiger partial charge in [0.05, 0.1) is 0 Å². The molecular formula is C22H22. The Kier molecular flexibility index (Phi) is 6.35. The van der Waals surface area contributed by atoms with Crippen molar-refractivity contribution in [2.24, 2.45) is 0 Å². The molecule has 0 heterocycles. The van der Waals surface area contributed by atoms with Crippen molar-refractivity contribution in [2.45, 2.75) is 39.5 Å². The highest BCUT2D eigenvalue weighted by molar-refractivity contribution is 5.36. The van der Waals surface area contributed by atoms with Crippen molar-refractivity contribution in [2.75, 3.05) is 0 Å². The molecule has 0 heteroatoms. The number of aryl methyl sites for hydroxylation is 2. The Balaban J connectivity index is 1.66. The minimum atomic E-state index is 0.945. The lowest BCUT2D eigenvalue weighted by Crippen LogP contribution is -1.77. The Morgan fingerprint density at radius 1 is 0.591 bits per heavy atom. The van der Waals surface area contributed by atoms with Gasteiger partial charge >= 0.3 is 0 Å². The number of hydrogen-bond acceptors (Lipinski definition) is 0. The molecule has 0 aliphatic heterocycles. The van der Waals surface area contributed by atoms with Crippen LogP contribution in [0.1, 0.15) is 47.9 Å². The van der Waals surface area contributed by atoms with Crippen molar-refractivity contribution in [1.29, 1.82) is 0 Å². The van der Waals surface area contributed by atoms with E-state index in [1.54, 1.807) is 0 Å². The van der Waals surface area contributed by atoms with E-state index in [0.29, 0.717) is 0 Å². The molecule has 22 heavy (non-hydrogen) atoms. The predicted octanol–water partition coefficient (Wildman–Crippen LogP) is 5.27. The highest BCUT2D eigenvalue weighted by Gasteiger charge is 1.88. The van der Waals surface area contributed by atoms with Gasteiger partial charge in [-0.2, -0.15) is 0 Å². The summed E-state index contributed by atoms with van der Waals surface area (Å²) in [4.78, 5) is 0. The van der Waals surface area contributed by atoms with E-state index in [9.17, 15) is 0 Å². The smallest absolute Gasteiger partial charge is 0.0245 e. The molecular weight excluding hydrogens is 264 g/mol. The highest BCUT2D eigenvalue weighted by Crippen LogP contribution is 2.03. The second kappa shape index (κ2) is 8.76. The fraction of sp³-hybridized carbons (Fsp3) is 0.273. The second-order valence-electron chi connectivity index (χ2n) is 5.54. The van der Waals surface area contributed by atoms with E-state index in [-0.39, 0.29) is 0 Å². The predicted molar refractivity (Wildman–Crippen MR) is 94.6 cm³/mol. The Labute approximate surface area is 134 Å². The van der Waals surface area contributed by atoms with Crippen LogP contribution in [0.2, 0.25) is 0 Å². The third-order valence-electron chi connectivity index (χ3n) is 3.42. The summed E-state index contributed by atoms with van der Waals surface area (Å²) < 4.78 is 0. The van der Waals surface area contributed by atoms with Crippen molar-refractivity contribution >= 4 is 0 Å². The van der Waals surface area contributed by atoms with Gasteiger partial charge in [-0.05, 0) is 51.0 Å². The first-order valence-electron chi connectivity index (χ1n) is 7.85. The number of unbranched alkanes of at least 4 members (excludes halogenated alkanes) is 3. The number of benzene rings is 2. The zero-order chi connectivity index (χ0) is 15.6. The van der Waals surface area contributed by atoms with Gasteiger partial charge in [0.25, 0.3) is 0 Å². The van der Waals surface area contributed by atoms with Gasteiger partial charge in [0, 0.05) is 24.0 Å². The largest absolute Gasteiger partial charge is 0.0979 e. The van der Waals surface area contributed by atoms with E-state index in [1.165, 1.54) is 11.1 Å². The average Bonchev–Trinajstić information content (AvgIpc) is 2.53. The fourth-order valence-electron chi connectivity index (χ4n) is 2.03. The van der Waals surface area contributed by atoms with Crippen LogP contribution in [0.25, 0.3) is 0 Å². The van der Waals surface area contributed by atoms with Crippen molar-refractivity contribution in [3.63, 3.8) is 0 Å². The lowest BCUT2D eigenvalue weighted by Gasteiger charge is -1.93. The summed E-state index contributed by atoms with van der Waals surface area (Å²) in [6, 6.07) is 16.7. The molecule has 0 N–H and O–H groups in total. The van der Waals surface area contributed by atoms with Gasteiger partial charge in [0.1, 0.15) is 0 Å². The molecule has 0 aliphatic carbocycles. The quantitative estimate of drug-likeness (QED) is 0.533. The van der Waals surface area contributed by atoms with Crippen molar-refractivity contribution < 1.29 is 0 Å². The molecule has 0 nitrogen and oxygen atoms in total. The zero-order valence-electron chi connectivity index (χ0n) is 13.4. The maximum atomic E-state index is 3.24. The monoisotopic (exact) mass is 286 g/mol. The molecule has 2 rings (SSSR count). The lowest BCUT2D eigenvalue weighted by atomic mass is 10.1.